The minimum absolute atomic E-state index is 0.169. The smallest absolute Gasteiger partial charge is 0.255 e. The summed E-state index contributed by atoms with van der Waals surface area (Å²) in [4.78, 5) is 14.9. The van der Waals surface area contributed by atoms with Crippen molar-refractivity contribution >= 4 is 23.0 Å². The largest absolute Gasteiger partial charge is 0.497 e. The van der Waals surface area contributed by atoms with E-state index in [1.165, 1.54) is 19.3 Å². The molecule has 3 rings (SSSR count). The number of amides is 1. The fraction of sp³-hybridized carbons (Fsp3) is 0.316. The van der Waals surface area contributed by atoms with Crippen molar-refractivity contribution in [2.45, 2.75) is 19.3 Å². The van der Waals surface area contributed by atoms with Crippen LogP contribution in [0.3, 0.4) is 0 Å². The number of hydrogen-bond donors (Lipinski definition) is 2. The van der Waals surface area contributed by atoms with E-state index in [1.54, 1.807) is 25.3 Å². The molecule has 0 aromatic heterocycles. The van der Waals surface area contributed by atoms with Gasteiger partial charge in [0.25, 0.3) is 5.91 Å². The molecular formula is C19H23N3O2. The van der Waals surface area contributed by atoms with Gasteiger partial charge in [0.2, 0.25) is 0 Å². The molecule has 1 saturated heterocycles. The molecule has 5 nitrogen and oxygen atoms in total. The first-order valence-corrected chi connectivity index (χ1v) is 8.27. The van der Waals surface area contributed by atoms with Crippen LogP contribution in [-0.4, -0.2) is 26.1 Å². The number of rotatable bonds is 4. The lowest BCUT2D eigenvalue weighted by atomic mass is 10.1. The van der Waals surface area contributed by atoms with E-state index in [-0.39, 0.29) is 5.91 Å². The van der Waals surface area contributed by atoms with Gasteiger partial charge in [0.05, 0.1) is 18.5 Å². The summed E-state index contributed by atoms with van der Waals surface area (Å²) in [6, 6.07) is 12.8. The van der Waals surface area contributed by atoms with Crippen LogP contribution in [0.25, 0.3) is 0 Å². The van der Waals surface area contributed by atoms with Crippen molar-refractivity contribution in [2.75, 3.05) is 36.1 Å². The highest BCUT2D eigenvalue weighted by atomic mass is 16.5. The van der Waals surface area contributed by atoms with Crippen molar-refractivity contribution in [3.63, 3.8) is 0 Å². The lowest BCUT2D eigenvalue weighted by molar-refractivity contribution is 0.102. The average Bonchev–Trinajstić information content (AvgIpc) is 2.62. The number of hydrogen-bond acceptors (Lipinski definition) is 4. The van der Waals surface area contributed by atoms with E-state index in [1.807, 2.05) is 24.3 Å². The van der Waals surface area contributed by atoms with Gasteiger partial charge in [0.15, 0.2) is 0 Å². The van der Waals surface area contributed by atoms with Gasteiger partial charge in [-0.3, -0.25) is 4.79 Å². The number of ether oxygens (including phenoxy) is 1. The predicted octanol–water partition coefficient (Wildman–Crippen LogP) is 3.52. The van der Waals surface area contributed by atoms with Crippen LogP contribution >= 0.6 is 0 Å². The molecular weight excluding hydrogens is 302 g/mol. The maximum Gasteiger partial charge on any atom is 0.255 e. The number of nitrogens with two attached hydrogens (primary N) is 1. The molecule has 1 aliphatic heterocycles. The number of methoxy groups -OCH3 is 1. The van der Waals surface area contributed by atoms with E-state index in [9.17, 15) is 4.79 Å². The summed E-state index contributed by atoms with van der Waals surface area (Å²) >= 11 is 0. The van der Waals surface area contributed by atoms with Crippen molar-refractivity contribution in [1.29, 1.82) is 0 Å². The van der Waals surface area contributed by atoms with Crippen LogP contribution in [0.2, 0.25) is 0 Å². The molecule has 5 heteroatoms. The molecule has 24 heavy (non-hydrogen) atoms. The molecule has 0 spiro atoms. The average molecular weight is 325 g/mol. The van der Waals surface area contributed by atoms with E-state index < -0.39 is 0 Å². The zero-order chi connectivity index (χ0) is 16.9. The summed E-state index contributed by atoms with van der Waals surface area (Å²) in [5.41, 5.74) is 8.90. The van der Waals surface area contributed by atoms with Gasteiger partial charge in [-0.05, 0) is 55.7 Å². The first-order valence-electron chi connectivity index (χ1n) is 8.27. The Morgan fingerprint density at radius 1 is 1.12 bits per heavy atom. The van der Waals surface area contributed by atoms with Crippen LogP contribution in [0.1, 0.15) is 29.6 Å². The van der Waals surface area contributed by atoms with Crippen molar-refractivity contribution < 1.29 is 9.53 Å². The summed E-state index contributed by atoms with van der Waals surface area (Å²) in [6.45, 7) is 2.01. The van der Waals surface area contributed by atoms with Crippen molar-refractivity contribution in [1.82, 2.24) is 0 Å². The quantitative estimate of drug-likeness (QED) is 0.844. The molecule has 0 atom stereocenters. The van der Waals surface area contributed by atoms with Gasteiger partial charge in [0.1, 0.15) is 5.75 Å². The van der Waals surface area contributed by atoms with Gasteiger partial charge in [-0.1, -0.05) is 6.07 Å². The molecule has 1 fully saturated rings. The van der Waals surface area contributed by atoms with Gasteiger partial charge in [-0.15, -0.1) is 0 Å². The first kappa shape index (κ1) is 16.2. The number of benzene rings is 2. The third-order valence-corrected chi connectivity index (χ3v) is 4.30. The minimum Gasteiger partial charge on any atom is -0.497 e. The molecule has 0 aliphatic carbocycles. The summed E-state index contributed by atoms with van der Waals surface area (Å²) in [6.07, 6.45) is 3.61. The Morgan fingerprint density at radius 2 is 1.92 bits per heavy atom. The number of nitrogens with one attached hydrogen (secondary N) is 1. The Hall–Kier alpha value is -2.69. The molecule has 0 radical (unpaired) electrons. The van der Waals surface area contributed by atoms with E-state index in [0.717, 1.165) is 24.5 Å². The van der Waals surface area contributed by atoms with Gasteiger partial charge >= 0.3 is 0 Å². The molecule has 3 N–H and O–H groups in total. The molecule has 0 unspecified atom stereocenters. The number of carbonyl (C=O) groups is 1. The minimum atomic E-state index is -0.169. The highest BCUT2D eigenvalue weighted by Crippen LogP contribution is 2.31. The second-order valence-corrected chi connectivity index (χ2v) is 6.01. The Kier molecular flexibility index (Phi) is 4.89. The number of anilines is 3. The molecule has 0 bridgehead atoms. The normalized spacial score (nSPS) is 14.3. The molecule has 2 aromatic rings. The highest BCUT2D eigenvalue weighted by Gasteiger charge is 2.17. The van der Waals surface area contributed by atoms with Crippen LogP contribution in [0, 0.1) is 0 Å². The van der Waals surface area contributed by atoms with Crippen LogP contribution in [0.15, 0.2) is 42.5 Å². The fourth-order valence-electron chi connectivity index (χ4n) is 3.02. The monoisotopic (exact) mass is 325 g/mol. The van der Waals surface area contributed by atoms with E-state index in [4.69, 9.17) is 10.5 Å². The molecule has 1 heterocycles. The molecule has 1 amide bonds. The molecule has 0 saturated carbocycles. The second-order valence-electron chi connectivity index (χ2n) is 6.01. The number of carbonyl (C=O) groups excluding carboxylic acids is 1. The third-order valence-electron chi connectivity index (χ3n) is 4.30. The van der Waals surface area contributed by atoms with E-state index >= 15 is 0 Å². The van der Waals surface area contributed by atoms with Crippen LogP contribution in [0.4, 0.5) is 17.1 Å². The van der Waals surface area contributed by atoms with E-state index in [2.05, 4.69) is 10.2 Å². The van der Waals surface area contributed by atoms with Crippen LogP contribution in [-0.2, 0) is 0 Å². The summed E-state index contributed by atoms with van der Waals surface area (Å²) < 4.78 is 5.19. The highest BCUT2D eigenvalue weighted by molar-refractivity contribution is 6.06. The first-order chi connectivity index (χ1) is 11.7. The summed E-state index contributed by atoms with van der Waals surface area (Å²) in [5, 5.41) is 3.00. The predicted molar refractivity (Wildman–Crippen MR) is 97.9 cm³/mol. The topological polar surface area (TPSA) is 67.6 Å². The zero-order valence-electron chi connectivity index (χ0n) is 13.9. The SMILES string of the molecule is COc1cccc(C(=O)Nc2cc(N)ccc2N2CCCCC2)c1. The zero-order valence-corrected chi connectivity index (χ0v) is 13.9. The molecule has 1 aliphatic rings. The Morgan fingerprint density at radius 3 is 2.67 bits per heavy atom. The maximum absolute atomic E-state index is 12.6. The summed E-state index contributed by atoms with van der Waals surface area (Å²) in [7, 11) is 1.59. The number of nitrogen functional groups attached to an aromatic ring is 1. The Bertz CT molecular complexity index is 724. The fourth-order valence-corrected chi connectivity index (χ4v) is 3.02. The summed E-state index contributed by atoms with van der Waals surface area (Å²) in [5.74, 6) is 0.490. The van der Waals surface area contributed by atoms with Gasteiger partial charge in [-0.25, -0.2) is 0 Å². The van der Waals surface area contributed by atoms with Gasteiger partial charge in [0, 0.05) is 24.3 Å². The lowest BCUT2D eigenvalue weighted by Gasteiger charge is -2.30. The number of piperidine rings is 1. The molecule has 2 aromatic carbocycles. The standard InChI is InChI=1S/C19H23N3O2/c1-24-16-7-5-6-14(12-16)19(23)21-17-13-15(20)8-9-18(17)22-10-3-2-4-11-22/h5-9,12-13H,2-4,10-11,20H2,1H3,(H,21,23). The van der Waals surface area contributed by atoms with Gasteiger partial charge in [-0.2, -0.15) is 0 Å². The number of nitrogens with zero attached hydrogens (tertiary/aromatic N) is 1. The Labute approximate surface area is 142 Å². The van der Waals surface area contributed by atoms with E-state index in [0.29, 0.717) is 17.0 Å². The molecule has 126 valence electrons. The van der Waals surface area contributed by atoms with Gasteiger partial charge < -0.3 is 20.7 Å². The van der Waals surface area contributed by atoms with Crippen molar-refractivity contribution in [2.24, 2.45) is 0 Å². The maximum atomic E-state index is 12.6. The Balaban J connectivity index is 1.85. The third kappa shape index (κ3) is 3.62. The van der Waals surface area contributed by atoms with Crippen LogP contribution in [0.5, 0.6) is 5.75 Å². The van der Waals surface area contributed by atoms with Crippen molar-refractivity contribution in [3.05, 3.63) is 48.0 Å². The van der Waals surface area contributed by atoms with Crippen LogP contribution < -0.4 is 20.7 Å². The van der Waals surface area contributed by atoms with Crippen molar-refractivity contribution in [3.8, 4) is 5.75 Å². The lowest BCUT2D eigenvalue weighted by Crippen LogP contribution is -2.30. The second kappa shape index (κ2) is 7.25.